The lowest BCUT2D eigenvalue weighted by molar-refractivity contribution is 0.101. The first-order chi connectivity index (χ1) is 18.1. The molecule has 3 aromatic heterocycles. The van der Waals surface area contributed by atoms with Gasteiger partial charge in [0.2, 0.25) is 0 Å². The van der Waals surface area contributed by atoms with Crippen LogP contribution in [-0.2, 0) is 12.5 Å². The molecule has 1 saturated heterocycles. The highest BCUT2D eigenvalue weighted by molar-refractivity contribution is 6.07. The second kappa shape index (κ2) is 10.1. The van der Waals surface area contributed by atoms with Gasteiger partial charge in [0.05, 0.1) is 16.9 Å². The number of pyridine rings is 2. The number of aromatic nitrogens is 3. The lowest BCUT2D eigenvalue weighted by atomic mass is 9.88. The van der Waals surface area contributed by atoms with Crippen LogP contribution in [-0.4, -0.2) is 58.6 Å². The van der Waals surface area contributed by atoms with E-state index in [1.807, 2.05) is 67.2 Å². The molecule has 1 aromatic carbocycles. The molecule has 0 aliphatic carbocycles. The van der Waals surface area contributed by atoms with Gasteiger partial charge in [0, 0.05) is 57.1 Å². The summed E-state index contributed by atoms with van der Waals surface area (Å²) in [4.78, 5) is 27.1. The fraction of sp³-hybridized carbons (Fsp3) is 0.367. The number of fused-ring (bicyclic) bond motifs is 1. The van der Waals surface area contributed by atoms with Crippen molar-refractivity contribution in [2.75, 3.05) is 43.4 Å². The average molecular weight is 513 g/mol. The summed E-state index contributed by atoms with van der Waals surface area (Å²) in [5.74, 6) is 2.13. The Balaban J connectivity index is 1.41. The third-order valence-corrected chi connectivity index (χ3v) is 7.23. The maximum atomic E-state index is 13.4. The van der Waals surface area contributed by atoms with Gasteiger partial charge in [0.25, 0.3) is 5.91 Å². The van der Waals surface area contributed by atoms with E-state index in [9.17, 15) is 4.79 Å². The number of rotatable bonds is 5. The maximum Gasteiger partial charge on any atom is 0.272 e. The normalized spacial score (nSPS) is 14.6. The third kappa shape index (κ3) is 5.22. The van der Waals surface area contributed by atoms with E-state index in [4.69, 9.17) is 4.74 Å². The van der Waals surface area contributed by atoms with Gasteiger partial charge in [-0.1, -0.05) is 32.9 Å². The molecule has 4 heterocycles. The lowest BCUT2D eigenvalue weighted by Gasteiger charge is -2.33. The number of nitrogens with one attached hydrogen (secondary N) is 1. The number of ether oxygens (including phenoxy) is 1. The number of piperazine rings is 1. The Bertz CT molecular complexity index is 1480. The van der Waals surface area contributed by atoms with Crippen molar-refractivity contribution in [3.63, 3.8) is 0 Å². The van der Waals surface area contributed by atoms with E-state index in [1.165, 1.54) is 0 Å². The number of hydrogen-bond donors (Lipinski definition) is 1. The Kier molecular flexibility index (Phi) is 6.84. The van der Waals surface area contributed by atoms with Crippen LogP contribution in [0.15, 0.2) is 54.9 Å². The van der Waals surface area contributed by atoms with Crippen LogP contribution in [0.4, 0.5) is 11.5 Å². The molecular weight excluding hydrogens is 476 g/mol. The topological polar surface area (TPSA) is 75.5 Å². The zero-order valence-electron chi connectivity index (χ0n) is 23.1. The molecule has 8 heteroatoms. The quantitative estimate of drug-likeness (QED) is 0.387. The fourth-order valence-corrected chi connectivity index (χ4v) is 4.73. The largest absolute Gasteiger partial charge is 0.455 e. The highest BCUT2D eigenvalue weighted by atomic mass is 16.5. The molecule has 1 aliphatic heterocycles. The first kappa shape index (κ1) is 25.7. The number of aryl methyl sites for hydroxylation is 2. The van der Waals surface area contributed by atoms with Gasteiger partial charge in [0.1, 0.15) is 17.3 Å². The van der Waals surface area contributed by atoms with E-state index in [0.717, 1.165) is 59.8 Å². The highest BCUT2D eigenvalue weighted by Gasteiger charge is 2.21. The SMILES string of the molecule is Cc1ncc(C(C)(C)C)cc1NC(=O)c1cc2cccc(Oc3ccnc(N4CCN(C)CC4)c3)c2n1C. The van der Waals surface area contributed by atoms with E-state index in [2.05, 4.69) is 52.9 Å². The summed E-state index contributed by atoms with van der Waals surface area (Å²) in [6.07, 6.45) is 3.66. The van der Waals surface area contributed by atoms with Crippen molar-refractivity contribution in [1.29, 1.82) is 0 Å². The Morgan fingerprint density at radius 1 is 1.00 bits per heavy atom. The zero-order chi connectivity index (χ0) is 27.0. The minimum Gasteiger partial charge on any atom is -0.455 e. The van der Waals surface area contributed by atoms with Crippen LogP contribution in [0, 0.1) is 6.92 Å². The van der Waals surface area contributed by atoms with Crippen LogP contribution in [0.1, 0.15) is 42.5 Å². The second-order valence-electron chi connectivity index (χ2n) is 11.1. The predicted octanol–water partition coefficient (Wildman–Crippen LogP) is 5.37. The molecule has 1 fully saturated rings. The van der Waals surface area contributed by atoms with E-state index in [-0.39, 0.29) is 11.3 Å². The number of para-hydroxylation sites is 1. The van der Waals surface area contributed by atoms with Gasteiger partial charge in [-0.2, -0.15) is 0 Å². The summed E-state index contributed by atoms with van der Waals surface area (Å²) in [7, 11) is 4.03. The molecule has 1 aliphatic rings. The van der Waals surface area contributed by atoms with E-state index in [0.29, 0.717) is 17.2 Å². The smallest absolute Gasteiger partial charge is 0.272 e. The summed E-state index contributed by atoms with van der Waals surface area (Å²) in [5.41, 5.74) is 3.90. The molecule has 198 valence electrons. The summed E-state index contributed by atoms with van der Waals surface area (Å²) in [6.45, 7) is 12.2. The number of benzene rings is 1. The minimum atomic E-state index is -0.188. The van der Waals surface area contributed by atoms with Gasteiger partial charge in [-0.3, -0.25) is 9.78 Å². The third-order valence-electron chi connectivity index (χ3n) is 7.23. The lowest BCUT2D eigenvalue weighted by Crippen LogP contribution is -2.44. The first-order valence-electron chi connectivity index (χ1n) is 13.0. The molecule has 0 atom stereocenters. The van der Waals surface area contributed by atoms with Gasteiger partial charge >= 0.3 is 0 Å². The van der Waals surface area contributed by atoms with Crippen molar-refractivity contribution in [3.8, 4) is 11.5 Å². The summed E-state index contributed by atoms with van der Waals surface area (Å²) in [6, 6.07) is 13.6. The van der Waals surface area contributed by atoms with Crippen molar-refractivity contribution in [2.45, 2.75) is 33.1 Å². The number of nitrogens with zero attached hydrogens (tertiary/aromatic N) is 5. The molecule has 0 saturated carbocycles. The van der Waals surface area contributed by atoms with Gasteiger partial charge in [-0.15, -0.1) is 0 Å². The Hall–Kier alpha value is -3.91. The van der Waals surface area contributed by atoms with Crippen molar-refractivity contribution < 1.29 is 9.53 Å². The van der Waals surface area contributed by atoms with Crippen LogP contribution in [0.25, 0.3) is 10.9 Å². The predicted molar refractivity (Wildman–Crippen MR) is 153 cm³/mol. The number of amides is 1. The maximum absolute atomic E-state index is 13.4. The van der Waals surface area contributed by atoms with Crippen LogP contribution in [0.3, 0.4) is 0 Å². The minimum absolute atomic E-state index is 0.0662. The van der Waals surface area contributed by atoms with E-state index >= 15 is 0 Å². The standard InChI is InChI=1S/C30H36N6O2/c1-20-24(17-22(19-32-20)30(2,3)4)33-29(37)25-16-21-8-7-9-26(28(21)35(25)6)38-23-10-11-31-27(18-23)36-14-12-34(5)13-15-36/h7-11,16-19H,12-15H2,1-6H3,(H,33,37). The van der Waals surface area contributed by atoms with Crippen LogP contribution < -0.4 is 15.0 Å². The van der Waals surface area contributed by atoms with Gasteiger partial charge in [-0.25, -0.2) is 4.98 Å². The number of likely N-dealkylation sites (N-methyl/N-ethyl adjacent to an activating group) is 1. The molecule has 8 nitrogen and oxygen atoms in total. The summed E-state index contributed by atoms with van der Waals surface area (Å²) >= 11 is 0. The zero-order valence-corrected chi connectivity index (χ0v) is 23.1. The number of anilines is 2. The molecular formula is C30H36N6O2. The van der Waals surface area contributed by atoms with Gasteiger partial charge in [0.15, 0.2) is 5.75 Å². The molecule has 0 unspecified atom stereocenters. The monoisotopic (exact) mass is 512 g/mol. The first-order valence-corrected chi connectivity index (χ1v) is 13.0. The average Bonchev–Trinajstić information content (AvgIpc) is 3.23. The molecule has 1 N–H and O–H groups in total. The van der Waals surface area contributed by atoms with Crippen LogP contribution in [0.2, 0.25) is 0 Å². The summed E-state index contributed by atoms with van der Waals surface area (Å²) in [5, 5.41) is 4.01. The summed E-state index contributed by atoms with van der Waals surface area (Å²) < 4.78 is 8.26. The Morgan fingerprint density at radius 3 is 2.50 bits per heavy atom. The van der Waals surface area contributed by atoms with Crippen molar-refractivity contribution >= 4 is 28.3 Å². The van der Waals surface area contributed by atoms with Gasteiger partial charge in [-0.05, 0) is 49.2 Å². The van der Waals surface area contributed by atoms with E-state index in [1.54, 1.807) is 6.20 Å². The van der Waals surface area contributed by atoms with Crippen molar-refractivity contribution in [3.05, 3.63) is 71.8 Å². The Morgan fingerprint density at radius 2 is 1.76 bits per heavy atom. The number of hydrogen-bond acceptors (Lipinski definition) is 6. The highest BCUT2D eigenvalue weighted by Crippen LogP contribution is 2.33. The fourth-order valence-electron chi connectivity index (χ4n) is 4.73. The van der Waals surface area contributed by atoms with Gasteiger partial charge < -0.3 is 24.4 Å². The molecule has 5 rings (SSSR count). The molecule has 0 spiro atoms. The van der Waals surface area contributed by atoms with Crippen LogP contribution >= 0.6 is 0 Å². The molecule has 38 heavy (non-hydrogen) atoms. The van der Waals surface area contributed by atoms with Crippen molar-refractivity contribution in [1.82, 2.24) is 19.4 Å². The Labute approximate surface area is 224 Å². The number of carbonyl (C=O) groups is 1. The molecule has 1 amide bonds. The van der Waals surface area contributed by atoms with Crippen molar-refractivity contribution in [2.24, 2.45) is 7.05 Å². The van der Waals surface area contributed by atoms with E-state index < -0.39 is 0 Å². The number of carbonyl (C=O) groups excluding carboxylic acids is 1. The molecule has 0 bridgehead atoms. The second-order valence-corrected chi connectivity index (χ2v) is 11.1. The molecule has 4 aromatic rings. The van der Waals surface area contributed by atoms with Crippen LogP contribution in [0.5, 0.6) is 11.5 Å². The molecule has 0 radical (unpaired) electrons.